The average molecular weight is 371 g/mol. The molecular formula is C15H18INS. The Balaban J connectivity index is 2.24. The van der Waals surface area contributed by atoms with Gasteiger partial charge in [0.1, 0.15) is 0 Å². The molecule has 0 aliphatic heterocycles. The zero-order valence-electron chi connectivity index (χ0n) is 11.2. The fourth-order valence-electron chi connectivity index (χ4n) is 2.16. The van der Waals surface area contributed by atoms with Gasteiger partial charge in [0.25, 0.3) is 0 Å². The summed E-state index contributed by atoms with van der Waals surface area (Å²) in [6, 6.07) is 9.05. The molecule has 1 aromatic carbocycles. The van der Waals surface area contributed by atoms with E-state index in [9.17, 15) is 0 Å². The Kier molecular flexibility index (Phi) is 4.33. The summed E-state index contributed by atoms with van der Waals surface area (Å²) >= 11 is 4.26. The maximum atomic E-state index is 3.62. The predicted molar refractivity (Wildman–Crippen MR) is 89.7 cm³/mol. The van der Waals surface area contributed by atoms with Crippen molar-refractivity contribution in [2.45, 2.75) is 33.7 Å². The Morgan fingerprint density at radius 2 is 1.94 bits per heavy atom. The number of hydrogen-bond acceptors (Lipinski definition) is 2. The van der Waals surface area contributed by atoms with Crippen molar-refractivity contribution < 1.29 is 0 Å². The SMILES string of the molecule is Cc1cc(C(C)Nc2cccc(I)c2C)c(C)s1. The largest absolute Gasteiger partial charge is 0.378 e. The fourth-order valence-corrected chi connectivity index (χ4v) is 3.68. The van der Waals surface area contributed by atoms with Crippen LogP contribution in [0.25, 0.3) is 0 Å². The molecule has 0 fully saturated rings. The summed E-state index contributed by atoms with van der Waals surface area (Å²) in [5.41, 5.74) is 3.97. The van der Waals surface area contributed by atoms with Gasteiger partial charge in [0, 0.05) is 25.1 Å². The number of nitrogens with one attached hydrogen (secondary N) is 1. The van der Waals surface area contributed by atoms with E-state index in [0.29, 0.717) is 6.04 Å². The number of benzene rings is 1. The molecule has 0 spiro atoms. The zero-order valence-corrected chi connectivity index (χ0v) is 14.1. The van der Waals surface area contributed by atoms with E-state index in [1.807, 2.05) is 11.3 Å². The summed E-state index contributed by atoms with van der Waals surface area (Å²) in [5, 5.41) is 3.62. The predicted octanol–water partition coefficient (Wildman–Crippen LogP) is 5.45. The molecular weight excluding hydrogens is 353 g/mol. The van der Waals surface area contributed by atoms with Crippen LogP contribution in [-0.4, -0.2) is 0 Å². The minimum absolute atomic E-state index is 0.354. The van der Waals surface area contributed by atoms with Gasteiger partial charge >= 0.3 is 0 Å². The lowest BCUT2D eigenvalue weighted by molar-refractivity contribution is 0.879. The number of rotatable bonds is 3. The van der Waals surface area contributed by atoms with E-state index in [0.717, 1.165) is 0 Å². The zero-order chi connectivity index (χ0) is 13.3. The van der Waals surface area contributed by atoms with Crippen molar-refractivity contribution in [1.29, 1.82) is 0 Å². The van der Waals surface area contributed by atoms with Crippen LogP contribution < -0.4 is 5.32 Å². The molecule has 1 unspecified atom stereocenters. The summed E-state index contributed by atoms with van der Waals surface area (Å²) < 4.78 is 1.31. The van der Waals surface area contributed by atoms with Crippen molar-refractivity contribution in [2.24, 2.45) is 0 Å². The van der Waals surface area contributed by atoms with Gasteiger partial charge in [-0.3, -0.25) is 0 Å². The third-order valence-corrected chi connectivity index (χ3v) is 5.34. The molecule has 1 heterocycles. The highest BCUT2D eigenvalue weighted by Crippen LogP contribution is 2.30. The fraction of sp³-hybridized carbons (Fsp3) is 0.333. The molecule has 0 radical (unpaired) electrons. The first-order chi connectivity index (χ1) is 8.49. The first-order valence-electron chi connectivity index (χ1n) is 6.07. The first kappa shape index (κ1) is 13.9. The summed E-state index contributed by atoms with van der Waals surface area (Å²) in [6.07, 6.45) is 0. The quantitative estimate of drug-likeness (QED) is 0.708. The van der Waals surface area contributed by atoms with Crippen LogP contribution in [0.5, 0.6) is 0 Å². The molecule has 0 aliphatic carbocycles. The van der Waals surface area contributed by atoms with Gasteiger partial charge in [0.15, 0.2) is 0 Å². The number of aryl methyl sites for hydroxylation is 2. The van der Waals surface area contributed by atoms with Gasteiger partial charge in [0.05, 0.1) is 0 Å². The summed E-state index contributed by atoms with van der Waals surface area (Å²) in [7, 11) is 0. The van der Waals surface area contributed by atoms with Gasteiger partial charge in [-0.1, -0.05) is 6.07 Å². The molecule has 1 aromatic heterocycles. The number of anilines is 1. The number of hydrogen-bond donors (Lipinski definition) is 1. The third-order valence-electron chi connectivity index (χ3n) is 3.19. The van der Waals surface area contributed by atoms with E-state index in [-0.39, 0.29) is 0 Å². The lowest BCUT2D eigenvalue weighted by atomic mass is 10.1. The van der Waals surface area contributed by atoms with Crippen LogP contribution in [0.4, 0.5) is 5.69 Å². The van der Waals surface area contributed by atoms with Gasteiger partial charge in [-0.2, -0.15) is 0 Å². The van der Waals surface area contributed by atoms with Gasteiger partial charge in [0.2, 0.25) is 0 Å². The second kappa shape index (κ2) is 5.61. The minimum Gasteiger partial charge on any atom is -0.378 e. The molecule has 3 heteroatoms. The maximum Gasteiger partial charge on any atom is 0.0496 e. The van der Waals surface area contributed by atoms with E-state index in [1.165, 1.54) is 30.1 Å². The van der Waals surface area contributed by atoms with Crippen molar-refractivity contribution >= 4 is 39.6 Å². The summed E-state index contributed by atoms with van der Waals surface area (Å²) in [4.78, 5) is 2.80. The monoisotopic (exact) mass is 371 g/mol. The van der Waals surface area contributed by atoms with Crippen molar-refractivity contribution in [3.05, 3.63) is 48.7 Å². The molecule has 0 aliphatic rings. The Morgan fingerprint density at radius 1 is 1.22 bits per heavy atom. The van der Waals surface area contributed by atoms with E-state index >= 15 is 0 Å². The molecule has 1 nitrogen and oxygen atoms in total. The molecule has 1 N–H and O–H groups in total. The van der Waals surface area contributed by atoms with Gasteiger partial charge < -0.3 is 5.32 Å². The van der Waals surface area contributed by atoms with E-state index in [2.05, 4.69) is 79.9 Å². The molecule has 18 heavy (non-hydrogen) atoms. The van der Waals surface area contributed by atoms with Crippen LogP contribution in [0.3, 0.4) is 0 Å². The van der Waals surface area contributed by atoms with Crippen LogP contribution in [-0.2, 0) is 0 Å². The van der Waals surface area contributed by atoms with Crippen LogP contribution in [0.15, 0.2) is 24.3 Å². The van der Waals surface area contributed by atoms with Crippen LogP contribution in [0, 0.1) is 24.3 Å². The van der Waals surface area contributed by atoms with Crippen LogP contribution in [0.1, 0.15) is 33.8 Å². The molecule has 2 aromatic rings. The van der Waals surface area contributed by atoms with Crippen molar-refractivity contribution in [2.75, 3.05) is 5.32 Å². The average Bonchev–Trinajstić information content (AvgIpc) is 2.64. The van der Waals surface area contributed by atoms with Crippen molar-refractivity contribution in [3.8, 4) is 0 Å². The molecule has 0 saturated heterocycles. The lowest BCUT2D eigenvalue weighted by Crippen LogP contribution is -2.08. The smallest absolute Gasteiger partial charge is 0.0496 e. The maximum absolute atomic E-state index is 3.62. The minimum atomic E-state index is 0.354. The Morgan fingerprint density at radius 3 is 2.56 bits per heavy atom. The van der Waals surface area contributed by atoms with Crippen LogP contribution >= 0.6 is 33.9 Å². The number of halogens is 1. The van der Waals surface area contributed by atoms with Gasteiger partial charge in [-0.05, 0) is 79.6 Å². The highest BCUT2D eigenvalue weighted by Gasteiger charge is 2.12. The van der Waals surface area contributed by atoms with Gasteiger partial charge in [-0.25, -0.2) is 0 Å². The standard InChI is InChI=1S/C15H18INS/c1-9-8-13(12(4)18-9)11(3)17-15-7-5-6-14(16)10(15)2/h5-8,11,17H,1-4H3. The Labute approximate surface area is 127 Å². The molecule has 1 atom stereocenters. The van der Waals surface area contributed by atoms with Gasteiger partial charge in [-0.15, -0.1) is 11.3 Å². The molecule has 2 rings (SSSR count). The summed E-state index contributed by atoms with van der Waals surface area (Å²) in [5.74, 6) is 0. The molecule has 0 amide bonds. The molecule has 0 bridgehead atoms. The normalized spacial score (nSPS) is 12.5. The second-order valence-corrected chi connectivity index (χ2v) is 7.27. The van der Waals surface area contributed by atoms with Crippen molar-refractivity contribution in [1.82, 2.24) is 0 Å². The molecule has 0 saturated carbocycles. The second-order valence-electron chi connectivity index (χ2n) is 4.65. The topological polar surface area (TPSA) is 12.0 Å². The van der Waals surface area contributed by atoms with E-state index in [1.54, 1.807) is 0 Å². The van der Waals surface area contributed by atoms with E-state index < -0.39 is 0 Å². The highest BCUT2D eigenvalue weighted by atomic mass is 127. The lowest BCUT2D eigenvalue weighted by Gasteiger charge is -2.17. The third kappa shape index (κ3) is 2.88. The first-order valence-corrected chi connectivity index (χ1v) is 7.97. The highest BCUT2D eigenvalue weighted by molar-refractivity contribution is 14.1. The van der Waals surface area contributed by atoms with Crippen molar-refractivity contribution in [3.63, 3.8) is 0 Å². The number of thiophene rings is 1. The summed E-state index contributed by atoms with van der Waals surface area (Å²) in [6.45, 7) is 8.77. The Bertz CT molecular complexity index is 560. The molecule has 96 valence electrons. The van der Waals surface area contributed by atoms with Crippen LogP contribution in [0.2, 0.25) is 0 Å². The Hall–Kier alpha value is -0.550. The van der Waals surface area contributed by atoms with E-state index in [4.69, 9.17) is 0 Å².